The van der Waals surface area contributed by atoms with E-state index in [-0.39, 0.29) is 6.03 Å². The Morgan fingerprint density at radius 1 is 1.05 bits per heavy atom. The van der Waals surface area contributed by atoms with Crippen LogP contribution in [-0.2, 0) is 6.54 Å². The molecule has 0 radical (unpaired) electrons. The lowest BCUT2D eigenvalue weighted by atomic mass is 10.2. The molecule has 0 spiro atoms. The third-order valence-electron chi connectivity index (χ3n) is 3.25. The van der Waals surface area contributed by atoms with Crippen LogP contribution in [0.4, 0.5) is 4.79 Å². The summed E-state index contributed by atoms with van der Waals surface area (Å²) in [5.41, 5.74) is 1.96. The Morgan fingerprint density at radius 3 is 2.23 bits per heavy atom. The van der Waals surface area contributed by atoms with Crippen LogP contribution in [0.5, 0.6) is 0 Å². The van der Waals surface area contributed by atoms with Gasteiger partial charge in [0.05, 0.1) is 0 Å². The number of benzene rings is 2. The van der Waals surface area contributed by atoms with Crippen LogP contribution in [0, 0.1) is 0 Å². The molecule has 2 aromatic carbocycles. The summed E-state index contributed by atoms with van der Waals surface area (Å²) >= 11 is 5.31. The zero-order valence-corrected chi connectivity index (χ0v) is 13.5. The molecule has 0 atom stereocenters. The largest absolute Gasteiger partial charge is 0.322 e. The summed E-state index contributed by atoms with van der Waals surface area (Å²) < 4.78 is 0. The quantitative estimate of drug-likeness (QED) is 0.847. The Balaban J connectivity index is 2.02. The van der Waals surface area contributed by atoms with Gasteiger partial charge in [0.2, 0.25) is 0 Å². The third kappa shape index (κ3) is 4.67. The van der Waals surface area contributed by atoms with Crippen LogP contribution in [0.3, 0.4) is 0 Å². The number of nitrogens with one attached hydrogen (secondary N) is 1. The van der Waals surface area contributed by atoms with Gasteiger partial charge in [0.1, 0.15) is 4.99 Å². The predicted octanol–water partition coefficient (Wildman–Crippen LogP) is 3.98. The molecule has 114 valence electrons. The van der Waals surface area contributed by atoms with Gasteiger partial charge in [-0.25, -0.2) is 4.79 Å². The number of nitrogens with zero attached hydrogens (tertiary/aromatic N) is 1. The first-order valence-electron chi connectivity index (χ1n) is 7.40. The fourth-order valence-electron chi connectivity index (χ4n) is 2.16. The lowest BCUT2D eigenvalue weighted by molar-refractivity contribution is 0.200. The normalized spacial score (nSPS) is 10.0. The van der Waals surface area contributed by atoms with Gasteiger partial charge in [0, 0.05) is 18.7 Å². The highest BCUT2D eigenvalue weighted by Gasteiger charge is 2.14. The Bertz CT molecular complexity index is 613. The van der Waals surface area contributed by atoms with Gasteiger partial charge < -0.3 is 4.90 Å². The SMILES string of the molecule is CCCN(Cc1ccccc1)C(=O)NC(=S)c1ccccc1. The van der Waals surface area contributed by atoms with E-state index < -0.39 is 0 Å². The first kappa shape index (κ1) is 16.2. The Morgan fingerprint density at radius 2 is 1.64 bits per heavy atom. The maximum Gasteiger partial charge on any atom is 0.322 e. The summed E-state index contributed by atoms with van der Waals surface area (Å²) in [6.45, 7) is 3.33. The molecule has 1 N–H and O–H groups in total. The molecule has 0 aromatic heterocycles. The van der Waals surface area contributed by atoms with Crippen molar-refractivity contribution >= 4 is 23.2 Å². The number of thiocarbonyl (C=S) groups is 1. The van der Waals surface area contributed by atoms with E-state index in [0.717, 1.165) is 17.5 Å². The smallest absolute Gasteiger partial charge is 0.320 e. The molecule has 0 aliphatic carbocycles. The van der Waals surface area contributed by atoms with Crippen LogP contribution >= 0.6 is 12.2 Å². The molecular weight excluding hydrogens is 292 g/mol. The van der Waals surface area contributed by atoms with Gasteiger partial charge in [-0.3, -0.25) is 5.32 Å². The molecule has 2 aromatic rings. The van der Waals surface area contributed by atoms with Gasteiger partial charge in [0.25, 0.3) is 0 Å². The summed E-state index contributed by atoms with van der Waals surface area (Å²) in [7, 11) is 0. The maximum atomic E-state index is 12.4. The van der Waals surface area contributed by atoms with Gasteiger partial charge in [-0.1, -0.05) is 79.8 Å². The van der Waals surface area contributed by atoms with Crippen molar-refractivity contribution in [3.8, 4) is 0 Å². The van der Waals surface area contributed by atoms with E-state index >= 15 is 0 Å². The molecule has 0 saturated carbocycles. The van der Waals surface area contributed by atoms with Crippen LogP contribution in [0.25, 0.3) is 0 Å². The van der Waals surface area contributed by atoms with Crippen LogP contribution in [0.1, 0.15) is 24.5 Å². The average Bonchev–Trinajstić information content (AvgIpc) is 2.56. The van der Waals surface area contributed by atoms with Crippen molar-refractivity contribution in [2.24, 2.45) is 0 Å². The number of carbonyl (C=O) groups is 1. The van der Waals surface area contributed by atoms with Gasteiger partial charge in [-0.15, -0.1) is 0 Å². The molecule has 4 heteroatoms. The number of carbonyl (C=O) groups excluding carboxylic acids is 1. The second kappa shape index (κ2) is 8.29. The van der Waals surface area contributed by atoms with E-state index in [1.807, 2.05) is 60.7 Å². The number of rotatable bonds is 5. The number of urea groups is 1. The number of amides is 2. The van der Waals surface area contributed by atoms with Crippen LogP contribution in [-0.4, -0.2) is 22.5 Å². The summed E-state index contributed by atoms with van der Waals surface area (Å²) in [4.78, 5) is 14.7. The highest BCUT2D eigenvalue weighted by molar-refractivity contribution is 7.80. The summed E-state index contributed by atoms with van der Waals surface area (Å²) in [5, 5.41) is 2.82. The summed E-state index contributed by atoms with van der Waals surface area (Å²) in [6, 6.07) is 19.3. The third-order valence-corrected chi connectivity index (χ3v) is 3.59. The van der Waals surface area contributed by atoms with E-state index in [9.17, 15) is 4.79 Å². The van der Waals surface area contributed by atoms with E-state index in [1.165, 1.54) is 0 Å². The molecule has 0 saturated heterocycles. The van der Waals surface area contributed by atoms with Gasteiger partial charge in [-0.2, -0.15) is 0 Å². The van der Waals surface area contributed by atoms with Gasteiger partial charge in [-0.05, 0) is 12.0 Å². The predicted molar refractivity (Wildman–Crippen MR) is 93.8 cm³/mol. The van der Waals surface area contributed by atoms with Crippen LogP contribution < -0.4 is 5.32 Å². The highest BCUT2D eigenvalue weighted by atomic mass is 32.1. The second-order valence-electron chi connectivity index (χ2n) is 5.03. The van der Waals surface area contributed by atoms with Crippen molar-refractivity contribution in [2.75, 3.05) is 6.54 Å². The molecule has 2 rings (SSSR count). The first-order chi connectivity index (χ1) is 10.7. The zero-order chi connectivity index (χ0) is 15.8. The molecule has 0 unspecified atom stereocenters. The van der Waals surface area contributed by atoms with Crippen molar-refractivity contribution in [2.45, 2.75) is 19.9 Å². The standard InChI is InChI=1S/C18H20N2OS/c1-2-13-20(14-15-9-5-3-6-10-15)18(21)19-17(22)16-11-7-4-8-12-16/h3-12H,2,13-14H2,1H3,(H,19,21,22). The molecule has 0 heterocycles. The van der Waals surface area contributed by atoms with Crippen molar-refractivity contribution in [1.29, 1.82) is 0 Å². The Hall–Kier alpha value is -2.20. The summed E-state index contributed by atoms with van der Waals surface area (Å²) in [6.07, 6.45) is 0.901. The molecule has 3 nitrogen and oxygen atoms in total. The molecule has 2 amide bonds. The molecule has 22 heavy (non-hydrogen) atoms. The minimum absolute atomic E-state index is 0.153. The minimum Gasteiger partial charge on any atom is -0.320 e. The lowest BCUT2D eigenvalue weighted by Crippen LogP contribution is -2.42. The average molecular weight is 312 g/mol. The first-order valence-corrected chi connectivity index (χ1v) is 7.80. The Labute approximate surface area is 137 Å². The lowest BCUT2D eigenvalue weighted by Gasteiger charge is -2.23. The Kier molecular flexibility index (Phi) is 6.10. The van der Waals surface area contributed by atoms with Crippen molar-refractivity contribution in [1.82, 2.24) is 10.2 Å². The van der Waals surface area contributed by atoms with E-state index in [0.29, 0.717) is 18.1 Å². The van der Waals surface area contributed by atoms with Crippen molar-refractivity contribution in [3.63, 3.8) is 0 Å². The second-order valence-corrected chi connectivity index (χ2v) is 5.44. The zero-order valence-electron chi connectivity index (χ0n) is 12.7. The topological polar surface area (TPSA) is 32.3 Å². The molecule has 0 fully saturated rings. The van der Waals surface area contributed by atoms with E-state index in [2.05, 4.69) is 12.2 Å². The van der Waals surface area contributed by atoms with Crippen molar-refractivity contribution in [3.05, 3.63) is 71.8 Å². The van der Waals surface area contributed by atoms with Crippen molar-refractivity contribution < 1.29 is 4.79 Å². The summed E-state index contributed by atoms with van der Waals surface area (Å²) in [5.74, 6) is 0. The number of hydrogen-bond acceptors (Lipinski definition) is 2. The molecular formula is C18H20N2OS. The highest BCUT2D eigenvalue weighted by Crippen LogP contribution is 2.06. The maximum absolute atomic E-state index is 12.4. The fraction of sp³-hybridized carbons (Fsp3) is 0.222. The molecule has 0 aliphatic rings. The van der Waals surface area contributed by atoms with Gasteiger partial charge in [0.15, 0.2) is 0 Å². The van der Waals surface area contributed by atoms with E-state index in [4.69, 9.17) is 12.2 Å². The monoisotopic (exact) mass is 312 g/mol. The molecule has 0 aliphatic heterocycles. The van der Waals surface area contributed by atoms with Crippen LogP contribution in [0.15, 0.2) is 60.7 Å². The minimum atomic E-state index is -0.153. The van der Waals surface area contributed by atoms with E-state index in [1.54, 1.807) is 4.90 Å². The van der Waals surface area contributed by atoms with Crippen LogP contribution in [0.2, 0.25) is 0 Å². The number of hydrogen-bond donors (Lipinski definition) is 1. The van der Waals surface area contributed by atoms with Gasteiger partial charge >= 0.3 is 6.03 Å². The fourth-order valence-corrected chi connectivity index (χ4v) is 2.39. The molecule has 0 bridgehead atoms.